The van der Waals surface area contributed by atoms with E-state index in [1.54, 1.807) is 131 Å². The van der Waals surface area contributed by atoms with Gasteiger partial charge in [0.2, 0.25) is 0 Å². The van der Waals surface area contributed by atoms with E-state index in [1.807, 2.05) is 34.0 Å². The summed E-state index contributed by atoms with van der Waals surface area (Å²) in [4.78, 5) is 41.0. The van der Waals surface area contributed by atoms with Crippen molar-refractivity contribution in [1.29, 1.82) is 0 Å². The first-order chi connectivity index (χ1) is 44.9. The van der Waals surface area contributed by atoms with Crippen molar-refractivity contribution in [2.24, 2.45) is 30.4 Å². The zero-order valence-electron chi connectivity index (χ0n) is 56.0. The highest BCUT2D eigenvalue weighted by molar-refractivity contribution is 8.06. The number of aliphatic hydroxyl groups excluding tert-OH is 2. The van der Waals surface area contributed by atoms with E-state index < -0.39 is 72.8 Å². The molecule has 0 aromatic carbocycles. The number of nitrogens with one attached hydrogen (secondary N) is 5. The summed E-state index contributed by atoms with van der Waals surface area (Å²) in [6.45, 7) is 22.1. The van der Waals surface area contributed by atoms with Crippen molar-refractivity contribution in [2.45, 2.75) is 170 Å². The van der Waals surface area contributed by atoms with Gasteiger partial charge in [-0.05, 0) is 152 Å². The molecule has 522 valence electrons. The van der Waals surface area contributed by atoms with Gasteiger partial charge in [-0.2, -0.15) is 16.5 Å². The van der Waals surface area contributed by atoms with Crippen molar-refractivity contribution in [2.75, 3.05) is 25.2 Å². The Morgan fingerprint density at radius 1 is 0.500 bits per heavy atom. The molecule has 0 amide bonds. The zero-order chi connectivity index (χ0) is 71.1. The van der Waals surface area contributed by atoms with Crippen LogP contribution in [0.1, 0.15) is 165 Å². The van der Waals surface area contributed by atoms with Gasteiger partial charge in [0.1, 0.15) is 0 Å². The first-order valence-electron chi connectivity index (χ1n) is 30.7. The van der Waals surface area contributed by atoms with Gasteiger partial charge in [0.15, 0.2) is 25.2 Å². The molecule has 10 rings (SSSR count). The molecule has 5 aromatic heterocycles. The molecule has 1 unspecified atom stereocenters. The number of hydrogen-bond donors (Lipinski definition) is 7. The quantitative estimate of drug-likeness (QED) is 0.0540. The minimum absolute atomic E-state index is 0.0169. The van der Waals surface area contributed by atoms with Crippen LogP contribution in [0, 0.1) is 17.8 Å². The predicted octanol–water partition coefficient (Wildman–Crippen LogP) is 5.40. The Labute approximate surface area is 569 Å². The smallest absolute Gasteiger partial charge is 0.259 e. The van der Waals surface area contributed by atoms with Crippen LogP contribution in [-0.2, 0) is 82.8 Å². The summed E-state index contributed by atoms with van der Waals surface area (Å²) in [7, 11) is -18.3. The summed E-state index contributed by atoms with van der Waals surface area (Å²) >= 11 is 1.61. The average Bonchev–Trinajstić information content (AvgIpc) is 1.61. The number of thioether (sulfide) groups is 1. The van der Waals surface area contributed by atoms with E-state index in [4.69, 9.17) is 11.5 Å². The molecule has 96 heavy (non-hydrogen) atoms. The third-order valence-corrected chi connectivity index (χ3v) is 23.2. The monoisotopic (exact) mass is 1440 g/mol. The van der Waals surface area contributed by atoms with E-state index in [-0.39, 0.29) is 63.0 Å². The molecule has 7 N–H and O–H groups in total. The highest BCUT2D eigenvalue weighted by Crippen LogP contribution is 2.30. The first kappa shape index (κ1) is 78.5. The lowest BCUT2D eigenvalue weighted by molar-refractivity contribution is 0.255. The third-order valence-electron chi connectivity index (χ3n) is 14.5. The zero-order valence-corrected chi connectivity index (χ0v) is 60.9. The standard InChI is InChI=1S/C15H23N3O2S.C14H17N3O2S.C12H17N3O3S2.C11H15N3O3S.C11H15N3O2S/c1-14(2,3)10-15(4,5)18-21(19,20)13-11-7-6-8-16-12(11)9-17-13;1-4-14(5-2,6-3)17-20(18,19)13-11-8-7-9-15-12(11)10-16-13;1-19-6-4-9(8-16)15-20(17,18)12-10-3-2-5-13-11(10)7-14-12;1-8(4-6-15)14-18(16,17)11-9-3-2-5-12-10(9)7-13-11;1-11(2,3)14-17(15,16)10-8-5-4-6-12-9(8)7-13-10/h6-8,18H,9-10H2,1-5H3;1,7-9,17H,5-6,10H2,2-3H3;2-3,5,9,15-16H,4,6-8H2,1H3;2-3,5,8,14-15H,4,6-7H2,1H3;4-6,14H,7H2,1-3H3/t;;9-;;/m..1../s1. The van der Waals surface area contributed by atoms with Gasteiger partial charge in [-0.3, -0.25) is 49.9 Å². The molecule has 5 aliphatic heterocycles. The Morgan fingerprint density at radius 2 is 0.823 bits per heavy atom. The normalized spacial score (nSPS) is 15.6. The lowest BCUT2D eigenvalue weighted by Gasteiger charge is -2.32. The molecule has 0 bridgehead atoms. The van der Waals surface area contributed by atoms with Crippen molar-refractivity contribution >= 4 is 87.1 Å². The van der Waals surface area contributed by atoms with Gasteiger partial charge in [0, 0.05) is 88.6 Å². The molecular weight excluding hydrogens is 1350 g/mol. The lowest BCUT2D eigenvalue weighted by atomic mass is 9.82. The summed E-state index contributed by atoms with van der Waals surface area (Å²) in [6.07, 6.45) is 18.3. The van der Waals surface area contributed by atoms with E-state index in [0.29, 0.717) is 102 Å². The maximum absolute atomic E-state index is 12.6. The van der Waals surface area contributed by atoms with Gasteiger partial charge in [-0.15, -0.1) is 6.42 Å². The molecule has 33 heteroatoms. The largest absolute Gasteiger partial charge is 0.396 e. The minimum atomic E-state index is -3.75. The molecule has 5 aliphatic rings. The van der Waals surface area contributed by atoms with Gasteiger partial charge in [-0.25, -0.2) is 61.0 Å². The van der Waals surface area contributed by atoms with E-state index in [9.17, 15) is 47.2 Å². The summed E-state index contributed by atoms with van der Waals surface area (Å²) in [5, 5.41) is 18.3. The molecule has 27 nitrogen and oxygen atoms in total. The van der Waals surface area contributed by atoms with Gasteiger partial charge in [-0.1, -0.05) is 40.5 Å². The van der Waals surface area contributed by atoms with Crippen LogP contribution in [0.2, 0.25) is 0 Å². The molecular formula is C63H87N15O12S6. The predicted molar refractivity (Wildman–Crippen MR) is 378 cm³/mol. The van der Waals surface area contributed by atoms with Gasteiger partial charge in [0.05, 0.1) is 73.3 Å². The van der Waals surface area contributed by atoms with Gasteiger partial charge < -0.3 is 10.2 Å². The molecule has 0 saturated carbocycles. The number of rotatable bonds is 18. The lowest BCUT2D eigenvalue weighted by Crippen LogP contribution is -2.48. The van der Waals surface area contributed by atoms with Crippen molar-refractivity contribution < 1.29 is 52.3 Å². The average molecular weight is 1440 g/mol. The fourth-order valence-corrected chi connectivity index (χ4v) is 18.9. The van der Waals surface area contributed by atoms with E-state index in [0.717, 1.165) is 12.2 Å². The number of sulfonamides is 5. The second-order valence-electron chi connectivity index (χ2n) is 25.5. The molecule has 5 aromatic rings. The molecule has 0 spiro atoms. The highest BCUT2D eigenvalue weighted by Gasteiger charge is 2.38. The van der Waals surface area contributed by atoms with E-state index >= 15 is 0 Å². The van der Waals surface area contributed by atoms with Gasteiger partial charge >= 0.3 is 0 Å². The minimum Gasteiger partial charge on any atom is -0.396 e. The van der Waals surface area contributed by atoms with Crippen LogP contribution in [0.3, 0.4) is 0 Å². The number of pyridine rings is 5. The number of aliphatic hydroxyl groups is 2. The van der Waals surface area contributed by atoms with Crippen LogP contribution < -0.4 is 23.6 Å². The fraction of sp³-hybridized carbons (Fsp3) is 0.492. The highest BCUT2D eigenvalue weighted by atomic mass is 32.2. The Hall–Kier alpha value is -6.52. The first-order valence-corrected chi connectivity index (χ1v) is 39.5. The number of terminal acetylenes is 1. The molecule has 0 radical (unpaired) electrons. The van der Waals surface area contributed by atoms with Crippen LogP contribution in [0.5, 0.6) is 0 Å². The second-order valence-corrected chi connectivity index (χ2v) is 34.6. The Balaban J connectivity index is 0.000000190. The number of aliphatic imine (C=N–C) groups is 5. The van der Waals surface area contributed by atoms with Crippen LogP contribution in [0.15, 0.2) is 117 Å². The summed E-state index contributed by atoms with van der Waals surface area (Å²) in [5.74, 6) is 3.33. The topological polar surface area (TPSA) is 398 Å². The summed E-state index contributed by atoms with van der Waals surface area (Å²) in [6, 6.07) is 16.3. The van der Waals surface area contributed by atoms with Crippen molar-refractivity contribution in [3.8, 4) is 12.3 Å². The van der Waals surface area contributed by atoms with Gasteiger partial charge in [0.25, 0.3) is 50.1 Å². The number of aromatic nitrogens is 5. The van der Waals surface area contributed by atoms with Crippen LogP contribution in [0.25, 0.3) is 0 Å². The fourth-order valence-electron chi connectivity index (χ4n) is 10.6. The number of fused-ring (bicyclic) bond motifs is 5. The summed E-state index contributed by atoms with van der Waals surface area (Å²) < 4.78 is 137. The van der Waals surface area contributed by atoms with Crippen molar-refractivity contribution in [1.82, 2.24) is 48.5 Å². The number of nitrogens with zero attached hydrogens (tertiary/aromatic N) is 10. The Bertz CT molecular complexity index is 4390. The molecule has 0 aliphatic carbocycles. The maximum Gasteiger partial charge on any atom is 0.259 e. The van der Waals surface area contributed by atoms with Crippen LogP contribution in [-0.4, -0.2) is 156 Å². The third kappa shape index (κ3) is 21.2. The Kier molecular flexibility index (Phi) is 26.9. The van der Waals surface area contributed by atoms with Crippen molar-refractivity contribution in [3.63, 3.8) is 0 Å². The molecule has 0 fully saturated rings. The second kappa shape index (κ2) is 32.9. The SMILES string of the molecule is C#CC(CC)(CC)NS(=O)(=O)C1=NCc2ncccc21.CC(C)(C)CC(C)(C)NS(=O)(=O)C1=NCc2ncccc21.CC(C)(C)NS(=O)(=O)C1=NCc2ncccc21.CC(CCO)NS(=O)(=O)C1=NCc2ncccc21.CSCC[C@H](CO)NS(=O)(=O)C1=NCc2ncccc21. The molecule has 0 saturated heterocycles. The Morgan fingerprint density at radius 3 is 1.11 bits per heavy atom. The molecule has 10 heterocycles. The van der Waals surface area contributed by atoms with Crippen LogP contribution >= 0.6 is 11.8 Å². The van der Waals surface area contributed by atoms with E-state index in [1.165, 1.54) is 0 Å². The molecule has 2 atom stereocenters. The van der Waals surface area contributed by atoms with E-state index in [2.05, 4.69) is 100 Å². The van der Waals surface area contributed by atoms with Crippen LogP contribution in [0.4, 0.5) is 0 Å². The number of hydrogen-bond acceptors (Lipinski definition) is 23. The summed E-state index contributed by atoms with van der Waals surface area (Å²) in [5.41, 5.74) is 4.40. The van der Waals surface area contributed by atoms with Crippen molar-refractivity contribution in [3.05, 3.63) is 148 Å². The maximum atomic E-state index is 12.6.